The number of carbonyl (C=O) groups is 1. The second-order valence-electron chi connectivity index (χ2n) is 5.72. The van der Waals surface area contributed by atoms with Gasteiger partial charge >= 0.3 is 6.03 Å². The van der Waals surface area contributed by atoms with Crippen molar-refractivity contribution >= 4 is 29.3 Å². The zero-order valence-corrected chi connectivity index (χ0v) is 16.0. The predicted octanol–water partition coefficient (Wildman–Crippen LogP) is 2.93. The summed E-state index contributed by atoms with van der Waals surface area (Å²) in [6, 6.07) is 13.0. The molecule has 0 aliphatic heterocycles. The summed E-state index contributed by atoms with van der Waals surface area (Å²) in [4.78, 5) is 13.0. The van der Waals surface area contributed by atoms with E-state index in [0.29, 0.717) is 24.7 Å². The largest absolute Gasteiger partial charge is 0.367 e. The molecule has 0 atom stereocenters. The molecule has 0 bridgehead atoms. The third kappa shape index (κ3) is 5.45. The molecule has 3 aromatic rings. The Hall–Kier alpha value is -3.07. The molecule has 0 saturated heterocycles. The molecule has 2 amide bonds. The van der Waals surface area contributed by atoms with Gasteiger partial charge in [0.05, 0.1) is 5.69 Å². The number of nitrogens with one attached hydrogen (secondary N) is 3. The van der Waals surface area contributed by atoms with Crippen molar-refractivity contribution in [2.75, 3.05) is 30.0 Å². The molecule has 140 valence electrons. The van der Waals surface area contributed by atoms with Crippen LogP contribution in [-0.4, -0.2) is 45.4 Å². The predicted molar refractivity (Wildman–Crippen MR) is 108 cm³/mol. The number of aryl methyl sites for hydroxylation is 1. The summed E-state index contributed by atoms with van der Waals surface area (Å²) in [6.07, 6.45) is 3.83. The van der Waals surface area contributed by atoms with Crippen LogP contribution in [0.25, 0.3) is 5.82 Å². The number of hydrogen-bond donors (Lipinski definition) is 3. The molecule has 2 heterocycles. The monoisotopic (exact) mass is 383 g/mol. The van der Waals surface area contributed by atoms with E-state index in [1.54, 1.807) is 16.4 Å². The number of urea groups is 1. The Morgan fingerprint density at radius 2 is 2.04 bits per heavy atom. The quantitative estimate of drug-likeness (QED) is 0.429. The molecule has 0 aliphatic rings. The highest BCUT2D eigenvalue weighted by molar-refractivity contribution is 7.98. The zero-order valence-electron chi connectivity index (χ0n) is 15.1. The maximum Gasteiger partial charge on any atom is 0.319 e. The molecule has 0 fully saturated rings. The molecule has 0 aliphatic carbocycles. The fraction of sp³-hybridized carbons (Fsp3) is 0.222. The summed E-state index contributed by atoms with van der Waals surface area (Å²) in [5, 5.41) is 21.3. The first-order valence-electron chi connectivity index (χ1n) is 8.43. The van der Waals surface area contributed by atoms with Crippen LogP contribution in [0.4, 0.5) is 16.3 Å². The summed E-state index contributed by atoms with van der Waals surface area (Å²) in [5.74, 6) is 1.29. The summed E-state index contributed by atoms with van der Waals surface area (Å²) >= 11 is 1.63. The first kappa shape index (κ1) is 18.7. The van der Waals surface area contributed by atoms with Gasteiger partial charge in [0.15, 0.2) is 5.82 Å². The molecule has 0 spiro atoms. The van der Waals surface area contributed by atoms with Crippen LogP contribution in [0.5, 0.6) is 0 Å². The Morgan fingerprint density at radius 1 is 1.15 bits per heavy atom. The molecule has 8 nitrogen and oxygen atoms in total. The number of thioether (sulfide) groups is 1. The fourth-order valence-corrected chi connectivity index (χ4v) is 2.79. The van der Waals surface area contributed by atoms with Crippen molar-refractivity contribution in [1.82, 2.24) is 25.3 Å². The summed E-state index contributed by atoms with van der Waals surface area (Å²) in [6.45, 7) is 2.91. The maximum absolute atomic E-state index is 11.9. The molecule has 0 unspecified atom stereocenters. The van der Waals surface area contributed by atoms with Crippen LogP contribution in [0.2, 0.25) is 0 Å². The molecule has 0 radical (unpaired) electrons. The van der Waals surface area contributed by atoms with Gasteiger partial charge in [0.25, 0.3) is 0 Å². The Balaban J connectivity index is 1.41. The van der Waals surface area contributed by atoms with E-state index < -0.39 is 0 Å². The number of rotatable bonds is 7. The topological polar surface area (TPSA) is 96.8 Å². The third-order valence-electron chi connectivity index (χ3n) is 3.65. The van der Waals surface area contributed by atoms with E-state index in [4.69, 9.17) is 0 Å². The Morgan fingerprint density at radius 3 is 2.74 bits per heavy atom. The molecule has 9 heteroatoms. The van der Waals surface area contributed by atoms with Crippen LogP contribution in [0, 0.1) is 6.92 Å². The molecule has 1 aromatic carbocycles. The molecule has 2 aromatic heterocycles. The molecular formula is C18H21N7OS. The summed E-state index contributed by atoms with van der Waals surface area (Å²) < 4.78 is 1.67. The number of hydrogen-bond acceptors (Lipinski definition) is 6. The summed E-state index contributed by atoms with van der Waals surface area (Å²) in [5.41, 5.74) is 1.69. The first-order valence-corrected chi connectivity index (χ1v) is 9.66. The third-order valence-corrected chi connectivity index (χ3v) is 4.38. The van der Waals surface area contributed by atoms with Gasteiger partial charge in [0.2, 0.25) is 0 Å². The lowest BCUT2D eigenvalue weighted by Crippen LogP contribution is -2.32. The van der Waals surface area contributed by atoms with Crippen molar-refractivity contribution in [1.29, 1.82) is 0 Å². The number of aromatic nitrogens is 4. The lowest BCUT2D eigenvalue weighted by molar-refractivity contribution is 0.252. The Labute approximate surface area is 161 Å². The van der Waals surface area contributed by atoms with Crippen molar-refractivity contribution < 1.29 is 4.79 Å². The minimum absolute atomic E-state index is 0.245. The van der Waals surface area contributed by atoms with Crippen molar-refractivity contribution in [2.24, 2.45) is 0 Å². The Kier molecular flexibility index (Phi) is 6.26. The van der Waals surface area contributed by atoms with E-state index in [-0.39, 0.29) is 6.03 Å². The molecule has 3 N–H and O–H groups in total. The normalized spacial score (nSPS) is 10.4. The van der Waals surface area contributed by atoms with Crippen LogP contribution in [0.1, 0.15) is 5.69 Å². The number of carbonyl (C=O) groups excluding carboxylic acids is 1. The van der Waals surface area contributed by atoms with Crippen LogP contribution in [0.3, 0.4) is 0 Å². The lowest BCUT2D eigenvalue weighted by Gasteiger charge is -2.09. The number of nitrogens with zero attached hydrogens (tertiary/aromatic N) is 4. The molecule has 3 rings (SSSR count). The minimum Gasteiger partial charge on any atom is -0.367 e. The van der Waals surface area contributed by atoms with Gasteiger partial charge in [-0.05, 0) is 49.6 Å². The van der Waals surface area contributed by atoms with Gasteiger partial charge in [-0.25, -0.2) is 9.48 Å². The average molecular weight is 383 g/mol. The van der Waals surface area contributed by atoms with E-state index in [2.05, 4.69) is 31.2 Å². The van der Waals surface area contributed by atoms with Gasteiger partial charge in [-0.15, -0.1) is 22.0 Å². The van der Waals surface area contributed by atoms with Crippen LogP contribution in [0.15, 0.2) is 53.6 Å². The highest BCUT2D eigenvalue weighted by Crippen LogP contribution is 2.18. The molecule has 0 saturated carbocycles. The van der Waals surface area contributed by atoms with Crippen molar-refractivity contribution in [2.45, 2.75) is 11.8 Å². The standard InChI is InChI=1S/C18H21N7OS/c1-13-8-11-25(24-13)17-7-6-16(22-23-17)19-9-10-20-18(26)21-14-4-3-5-15(12-14)27-2/h3-8,11-12H,9-10H2,1-2H3,(H,19,22)(H2,20,21,26). The van der Waals surface area contributed by atoms with E-state index in [0.717, 1.165) is 16.3 Å². The smallest absolute Gasteiger partial charge is 0.319 e. The van der Waals surface area contributed by atoms with Gasteiger partial charge in [0.1, 0.15) is 5.82 Å². The van der Waals surface area contributed by atoms with Crippen LogP contribution in [-0.2, 0) is 0 Å². The SMILES string of the molecule is CSc1cccc(NC(=O)NCCNc2ccc(-n3ccc(C)n3)nn2)c1. The van der Waals surface area contributed by atoms with Crippen molar-refractivity contribution in [3.05, 3.63) is 54.4 Å². The highest BCUT2D eigenvalue weighted by atomic mass is 32.2. The van der Waals surface area contributed by atoms with Crippen molar-refractivity contribution in [3.63, 3.8) is 0 Å². The molecular weight excluding hydrogens is 362 g/mol. The van der Waals surface area contributed by atoms with E-state index in [1.165, 1.54) is 0 Å². The average Bonchev–Trinajstić information content (AvgIpc) is 3.12. The van der Waals surface area contributed by atoms with Crippen LogP contribution < -0.4 is 16.0 Å². The highest BCUT2D eigenvalue weighted by Gasteiger charge is 2.03. The zero-order chi connectivity index (χ0) is 19.1. The number of amides is 2. The van der Waals surface area contributed by atoms with Gasteiger partial charge in [-0.3, -0.25) is 0 Å². The van der Waals surface area contributed by atoms with E-state index in [1.807, 2.05) is 61.8 Å². The van der Waals surface area contributed by atoms with E-state index in [9.17, 15) is 4.79 Å². The first-order chi connectivity index (χ1) is 13.1. The second-order valence-corrected chi connectivity index (χ2v) is 6.60. The number of anilines is 2. The van der Waals surface area contributed by atoms with E-state index >= 15 is 0 Å². The lowest BCUT2D eigenvalue weighted by atomic mass is 10.3. The van der Waals surface area contributed by atoms with Gasteiger partial charge in [0, 0.05) is 29.9 Å². The fourth-order valence-electron chi connectivity index (χ4n) is 2.33. The number of benzene rings is 1. The maximum atomic E-state index is 11.9. The minimum atomic E-state index is -0.245. The van der Waals surface area contributed by atoms with Crippen LogP contribution >= 0.6 is 11.8 Å². The van der Waals surface area contributed by atoms with Gasteiger partial charge in [-0.1, -0.05) is 6.07 Å². The second kappa shape index (κ2) is 9.04. The summed E-state index contributed by atoms with van der Waals surface area (Å²) in [7, 11) is 0. The van der Waals surface area contributed by atoms with Gasteiger partial charge in [-0.2, -0.15) is 5.10 Å². The van der Waals surface area contributed by atoms with Crippen molar-refractivity contribution in [3.8, 4) is 5.82 Å². The molecule has 27 heavy (non-hydrogen) atoms. The Bertz CT molecular complexity index is 895. The van der Waals surface area contributed by atoms with Gasteiger partial charge < -0.3 is 16.0 Å².